The molecule has 2 aromatic rings. The summed E-state index contributed by atoms with van der Waals surface area (Å²) >= 11 is 0. The van der Waals surface area contributed by atoms with Crippen molar-refractivity contribution in [3.63, 3.8) is 0 Å². The van der Waals surface area contributed by atoms with Gasteiger partial charge >= 0.3 is 0 Å². The number of nitrogens with zero attached hydrogens (tertiary/aromatic N) is 5. The van der Waals surface area contributed by atoms with E-state index in [-0.39, 0.29) is 18.1 Å². The first kappa shape index (κ1) is 20.4. The summed E-state index contributed by atoms with van der Waals surface area (Å²) in [4.78, 5) is 21.8. The maximum absolute atomic E-state index is 12.3. The fourth-order valence-electron chi connectivity index (χ4n) is 4.35. The highest BCUT2D eigenvalue weighted by Crippen LogP contribution is 2.37. The standard InChI is InChI=1S/C22H25N7O3/c1-23-19-9-16(27-21-15(22(30)24-2)11-26-29(19)21)14-10-25-20-13(14)5-4-7-28(20)17-6-8-32-12-18(17)31-3/h4-5,7,9-11,17-18,23H,6,8,12H2,1-3H3,(H,24,30)/t17-,18-/m0/s1. The van der Waals surface area contributed by atoms with Crippen molar-refractivity contribution in [1.82, 2.24) is 29.5 Å². The van der Waals surface area contributed by atoms with Gasteiger partial charge in [-0.3, -0.25) is 4.79 Å². The quantitative estimate of drug-likeness (QED) is 0.494. The minimum Gasteiger partial charge on any atom is -0.379 e. The van der Waals surface area contributed by atoms with Crippen LogP contribution in [0, 0.1) is 0 Å². The normalized spacial score (nSPS) is 18.8. The van der Waals surface area contributed by atoms with Gasteiger partial charge in [0.15, 0.2) is 5.65 Å². The predicted octanol–water partition coefficient (Wildman–Crippen LogP) is 2.08. The second-order valence-corrected chi connectivity index (χ2v) is 7.68. The van der Waals surface area contributed by atoms with Gasteiger partial charge in [-0.2, -0.15) is 9.61 Å². The maximum Gasteiger partial charge on any atom is 0.256 e. The van der Waals surface area contributed by atoms with Crippen LogP contribution in [0.1, 0.15) is 22.8 Å². The Morgan fingerprint density at radius 3 is 2.94 bits per heavy atom. The number of nitrogens with one attached hydrogen (secondary N) is 2. The van der Waals surface area contributed by atoms with Crippen molar-refractivity contribution in [3.8, 4) is 22.6 Å². The van der Waals surface area contributed by atoms with Gasteiger partial charge in [-0.05, 0) is 18.6 Å². The van der Waals surface area contributed by atoms with E-state index in [0.717, 1.165) is 29.2 Å². The average molecular weight is 435 g/mol. The van der Waals surface area contributed by atoms with Crippen LogP contribution in [0.15, 0.2) is 36.8 Å². The minimum atomic E-state index is -0.236. The molecule has 2 N–H and O–H groups in total. The summed E-state index contributed by atoms with van der Waals surface area (Å²) in [5.74, 6) is 1.35. The Morgan fingerprint density at radius 2 is 2.16 bits per heavy atom. The van der Waals surface area contributed by atoms with Gasteiger partial charge in [-0.1, -0.05) is 0 Å². The van der Waals surface area contributed by atoms with Gasteiger partial charge in [0.25, 0.3) is 5.91 Å². The van der Waals surface area contributed by atoms with Gasteiger partial charge in [0.2, 0.25) is 0 Å². The lowest BCUT2D eigenvalue weighted by Crippen LogP contribution is -2.36. The van der Waals surface area contributed by atoms with Gasteiger partial charge in [0.1, 0.15) is 23.3 Å². The van der Waals surface area contributed by atoms with Crippen LogP contribution in [-0.2, 0) is 9.47 Å². The van der Waals surface area contributed by atoms with E-state index in [9.17, 15) is 4.79 Å². The molecule has 0 unspecified atom stereocenters. The number of pyridine rings is 1. The Hall–Kier alpha value is -3.50. The zero-order valence-corrected chi connectivity index (χ0v) is 18.2. The van der Waals surface area contributed by atoms with Crippen molar-refractivity contribution in [2.45, 2.75) is 18.6 Å². The molecule has 5 heterocycles. The first-order valence-electron chi connectivity index (χ1n) is 10.5. The molecular formula is C22H25N7O3. The van der Waals surface area contributed by atoms with Crippen molar-refractivity contribution in [3.05, 3.63) is 42.4 Å². The summed E-state index contributed by atoms with van der Waals surface area (Å²) in [5.41, 5.74) is 3.47. The molecule has 0 radical (unpaired) electrons. The van der Waals surface area contributed by atoms with Crippen LogP contribution in [0.4, 0.5) is 5.82 Å². The molecule has 5 rings (SSSR count). The van der Waals surface area contributed by atoms with Crippen molar-refractivity contribution in [2.75, 3.05) is 39.7 Å². The van der Waals surface area contributed by atoms with Gasteiger partial charge < -0.3 is 24.7 Å². The fourth-order valence-corrected chi connectivity index (χ4v) is 4.35. The van der Waals surface area contributed by atoms with Gasteiger partial charge in [0, 0.05) is 57.4 Å². The molecule has 166 valence electrons. The molecule has 32 heavy (non-hydrogen) atoms. The van der Waals surface area contributed by atoms with Crippen LogP contribution in [0.5, 0.6) is 0 Å². The SMILES string of the molecule is CNC(=O)c1cnn2c(NC)cc(-c3cnc4n([C@H]5CCOC[C@@H]5OC)cccc3-4)nc12. The molecular weight excluding hydrogens is 410 g/mol. The number of hydrogen-bond acceptors (Lipinski definition) is 7. The Balaban J connectivity index is 1.62. The number of rotatable bonds is 5. The Labute approximate surface area is 184 Å². The van der Waals surface area contributed by atoms with E-state index < -0.39 is 0 Å². The van der Waals surface area contributed by atoms with Crippen molar-refractivity contribution in [2.24, 2.45) is 0 Å². The number of carbonyl (C=O) groups is 1. The topological polar surface area (TPSA) is 108 Å². The van der Waals surface area contributed by atoms with Crippen molar-refractivity contribution in [1.29, 1.82) is 0 Å². The third kappa shape index (κ3) is 3.19. The molecule has 2 aromatic heterocycles. The van der Waals surface area contributed by atoms with E-state index in [1.54, 1.807) is 18.7 Å². The van der Waals surface area contributed by atoms with Crippen molar-refractivity contribution < 1.29 is 14.3 Å². The summed E-state index contributed by atoms with van der Waals surface area (Å²) in [6, 6.07) is 6.10. The van der Waals surface area contributed by atoms with Crippen LogP contribution in [0.3, 0.4) is 0 Å². The van der Waals surface area contributed by atoms with Crippen LogP contribution in [-0.4, -0.2) is 70.6 Å². The molecule has 0 aromatic carbocycles. The zero-order valence-electron chi connectivity index (χ0n) is 18.2. The molecule has 1 fully saturated rings. The zero-order chi connectivity index (χ0) is 22.2. The number of methoxy groups -OCH3 is 1. The Kier molecular flexibility index (Phi) is 5.24. The molecule has 3 aliphatic rings. The van der Waals surface area contributed by atoms with Gasteiger partial charge in [0.05, 0.1) is 24.5 Å². The Bertz CT molecular complexity index is 1250. The molecule has 1 amide bonds. The van der Waals surface area contributed by atoms with Crippen LogP contribution < -0.4 is 10.6 Å². The van der Waals surface area contributed by atoms with Crippen LogP contribution in [0.25, 0.3) is 28.3 Å². The number of fused-ring (bicyclic) bond motifs is 2. The van der Waals surface area contributed by atoms with Crippen LogP contribution in [0.2, 0.25) is 0 Å². The maximum atomic E-state index is 12.3. The lowest BCUT2D eigenvalue weighted by Gasteiger charge is -2.33. The number of ether oxygens (including phenoxy) is 2. The highest BCUT2D eigenvalue weighted by atomic mass is 16.5. The third-order valence-electron chi connectivity index (χ3n) is 6.01. The summed E-state index contributed by atoms with van der Waals surface area (Å²) in [7, 11) is 5.11. The third-order valence-corrected chi connectivity index (χ3v) is 6.01. The summed E-state index contributed by atoms with van der Waals surface area (Å²) in [6.45, 7) is 1.25. The second kappa shape index (κ2) is 8.21. The number of carbonyl (C=O) groups excluding carboxylic acids is 1. The van der Waals surface area contributed by atoms with E-state index in [1.807, 2.05) is 37.6 Å². The molecule has 3 aliphatic heterocycles. The highest BCUT2D eigenvalue weighted by Gasteiger charge is 2.30. The number of amides is 1. The molecule has 10 heteroatoms. The molecule has 0 bridgehead atoms. The second-order valence-electron chi connectivity index (χ2n) is 7.68. The smallest absolute Gasteiger partial charge is 0.256 e. The van der Waals surface area contributed by atoms with E-state index in [4.69, 9.17) is 19.4 Å². The Morgan fingerprint density at radius 1 is 1.28 bits per heavy atom. The average Bonchev–Trinajstić information content (AvgIpc) is 3.47. The number of aromatic nitrogens is 5. The fraction of sp³-hybridized carbons (Fsp3) is 0.364. The minimum absolute atomic E-state index is 0.0354. The number of anilines is 1. The van der Waals surface area contributed by atoms with Crippen LogP contribution >= 0.6 is 0 Å². The summed E-state index contributed by atoms with van der Waals surface area (Å²) in [6.07, 6.45) is 6.21. The van der Waals surface area contributed by atoms with Gasteiger partial charge in [-0.25, -0.2) is 9.97 Å². The van der Waals surface area contributed by atoms with Crippen molar-refractivity contribution >= 4 is 17.4 Å². The number of hydrogen-bond donors (Lipinski definition) is 2. The summed E-state index contributed by atoms with van der Waals surface area (Å²) < 4.78 is 15.1. The summed E-state index contributed by atoms with van der Waals surface area (Å²) in [5, 5.41) is 10.1. The van der Waals surface area contributed by atoms with E-state index in [1.165, 1.54) is 6.20 Å². The predicted molar refractivity (Wildman–Crippen MR) is 119 cm³/mol. The molecule has 0 spiro atoms. The van der Waals surface area contributed by atoms with E-state index in [2.05, 4.69) is 20.3 Å². The first-order valence-corrected chi connectivity index (χ1v) is 10.5. The highest BCUT2D eigenvalue weighted by molar-refractivity contribution is 6.00. The monoisotopic (exact) mass is 435 g/mol. The molecule has 1 saturated heterocycles. The molecule has 0 saturated carbocycles. The lowest BCUT2D eigenvalue weighted by atomic mass is 10.0. The lowest BCUT2D eigenvalue weighted by molar-refractivity contribution is -0.0600. The van der Waals surface area contributed by atoms with E-state index in [0.29, 0.717) is 30.1 Å². The first-order chi connectivity index (χ1) is 15.7. The molecule has 0 aliphatic carbocycles. The molecule has 2 atom stereocenters. The van der Waals surface area contributed by atoms with E-state index >= 15 is 0 Å². The van der Waals surface area contributed by atoms with Gasteiger partial charge in [-0.15, -0.1) is 0 Å². The largest absolute Gasteiger partial charge is 0.379 e. The molecule has 10 nitrogen and oxygen atoms in total.